The number of hydrogen-bond acceptors (Lipinski definition) is 5. The largest absolute Gasteiger partial charge is 0.497 e. The van der Waals surface area contributed by atoms with Crippen LogP contribution in [0.15, 0.2) is 59.8 Å². The van der Waals surface area contributed by atoms with Crippen LogP contribution in [0.25, 0.3) is 0 Å². The number of carbonyl (C=O) groups is 1. The molecule has 0 aromatic heterocycles. The molecule has 2 heterocycles. The van der Waals surface area contributed by atoms with E-state index in [1.807, 2.05) is 53.4 Å². The van der Waals surface area contributed by atoms with Gasteiger partial charge in [-0.2, -0.15) is 0 Å². The van der Waals surface area contributed by atoms with Gasteiger partial charge in [-0.3, -0.25) is 0 Å². The minimum absolute atomic E-state index is 0.0162. The molecule has 25 heavy (non-hydrogen) atoms. The first-order valence-corrected chi connectivity index (χ1v) is 8.26. The number of aliphatic hydroxyl groups excluding tert-OH is 1. The van der Waals surface area contributed by atoms with Gasteiger partial charge in [-0.05, 0) is 17.2 Å². The number of benzene rings is 2. The van der Waals surface area contributed by atoms with E-state index in [-0.39, 0.29) is 25.1 Å². The molecule has 5 nitrogen and oxygen atoms in total. The Balaban J connectivity index is 1.96. The van der Waals surface area contributed by atoms with E-state index in [0.29, 0.717) is 12.1 Å². The molecule has 128 valence electrons. The first-order chi connectivity index (χ1) is 12.2. The highest BCUT2D eigenvalue weighted by Crippen LogP contribution is 2.47. The first kappa shape index (κ1) is 15.7. The van der Waals surface area contributed by atoms with Gasteiger partial charge in [-0.25, -0.2) is 4.79 Å². The van der Waals surface area contributed by atoms with Crippen molar-refractivity contribution in [2.24, 2.45) is 0 Å². The lowest BCUT2D eigenvalue weighted by Gasteiger charge is -2.35. The maximum Gasteiger partial charge on any atom is 0.337 e. The third kappa shape index (κ3) is 2.48. The Morgan fingerprint density at radius 3 is 2.76 bits per heavy atom. The van der Waals surface area contributed by atoms with Gasteiger partial charge < -0.3 is 19.5 Å². The summed E-state index contributed by atoms with van der Waals surface area (Å²) in [6.07, 6.45) is 0. The zero-order valence-electron chi connectivity index (χ0n) is 13.9. The molecule has 0 aliphatic carbocycles. The monoisotopic (exact) mass is 337 g/mol. The van der Waals surface area contributed by atoms with Crippen molar-refractivity contribution in [2.45, 2.75) is 5.92 Å². The molecule has 0 unspecified atom stereocenters. The second-order valence-electron chi connectivity index (χ2n) is 6.08. The Kier molecular flexibility index (Phi) is 3.93. The standard InChI is InChI=1S/C20H19NO4/c1-24-14-7-8-15-16(11-14)21(9-10-22)17-12-25-20(23)19(17)18(15)13-5-3-2-4-6-13/h2-8,11,18,22H,9-10,12H2,1H3/t18-/m1/s1. The number of hydrogen-bond donors (Lipinski definition) is 1. The molecule has 1 N–H and O–H groups in total. The van der Waals surface area contributed by atoms with Crippen molar-refractivity contribution in [3.05, 3.63) is 70.9 Å². The van der Waals surface area contributed by atoms with Crippen molar-refractivity contribution in [1.82, 2.24) is 0 Å². The van der Waals surface area contributed by atoms with Crippen molar-refractivity contribution in [1.29, 1.82) is 0 Å². The number of ether oxygens (including phenoxy) is 2. The van der Waals surface area contributed by atoms with Gasteiger partial charge in [0.2, 0.25) is 0 Å². The number of carbonyl (C=O) groups excluding carboxylic acids is 1. The summed E-state index contributed by atoms with van der Waals surface area (Å²) in [7, 11) is 1.63. The second kappa shape index (κ2) is 6.26. The van der Waals surface area contributed by atoms with E-state index in [2.05, 4.69) is 0 Å². The fourth-order valence-electron chi connectivity index (χ4n) is 3.69. The SMILES string of the molecule is COc1ccc2c(c1)N(CCO)C1=C(C(=O)OC1)[C@@H]2c1ccccc1. The van der Waals surface area contributed by atoms with Gasteiger partial charge in [-0.1, -0.05) is 36.4 Å². The van der Waals surface area contributed by atoms with Crippen molar-refractivity contribution in [2.75, 3.05) is 31.8 Å². The summed E-state index contributed by atoms with van der Waals surface area (Å²) in [6.45, 7) is 0.614. The van der Waals surface area contributed by atoms with Gasteiger partial charge in [0.05, 0.1) is 25.0 Å². The minimum atomic E-state index is -0.284. The Morgan fingerprint density at radius 2 is 2.04 bits per heavy atom. The van der Waals surface area contributed by atoms with Crippen LogP contribution in [-0.2, 0) is 9.53 Å². The molecule has 2 aromatic carbocycles. The molecule has 0 bridgehead atoms. The topological polar surface area (TPSA) is 59.0 Å². The van der Waals surface area contributed by atoms with Gasteiger partial charge >= 0.3 is 5.97 Å². The Hall–Kier alpha value is -2.79. The lowest BCUT2D eigenvalue weighted by atomic mass is 9.80. The van der Waals surface area contributed by atoms with Crippen LogP contribution in [0.2, 0.25) is 0 Å². The van der Waals surface area contributed by atoms with E-state index >= 15 is 0 Å². The van der Waals surface area contributed by atoms with Crippen LogP contribution in [0, 0.1) is 0 Å². The van der Waals surface area contributed by atoms with E-state index in [1.165, 1.54) is 0 Å². The predicted octanol–water partition coefficient (Wildman–Crippen LogP) is 2.45. The van der Waals surface area contributed by atoms with Gasteiger partial charge in [0.25, 0.3) is 0 Å². The molecule has 2 aromatic rings. The molecule has 5 heteroatoms. The average molecular weight is 337 g/mol. The number of esters is 1. The molecule has 0 spiro atoms. The maximum absolute atomic E-state index is 12.5. The van der Waals surface area contributed by atoms with Gasteiger partial charge in [0.15, 0.2) is 0 Å². The number of nitrogens with zero attached hydrogens (tertiary/aromatic N) is 1. The lowest BCUT2D eigenvalue weighted by molar-refractivity contribution is -0.136. The van der Waals surface area contributed by atoms with Crippen molar-refractivity contribution in [3.8, 4) is 5.75 Å². The van der Waals surface area contributed by atoms with E-state index in [4.69, 9.17) is 9.47 Å². The maximum atomic E-state index is 12.5. The van der Waals surface area contributed by atoms with Crippen molar-refractivity contribution >= 4 is 11.7 Å². The number of β-amino-alcohol motifs (C(OH)–C–C–N with tert-alkyl or cyclic N) is 1. The van der Waals surface area contributed by atoms with E-state index in [0.717, 1.165) is 28.3 Å². The molecular formula is C20H19NO4. The first-order valence-electron chi connectivity index (χ1n) is 8.26. The number of methoxy groups -OCH3 is 1. The van der Waals surface area contributed by atoms with E-state index in [1.54, 1.807) is 7.11 Å². The molecule has 4 rings (SSSR count). The van der Waals surface area contributed by atoms with E-state index in [9.17, 15) is 9.90 Å². The van der Waals surface area contributed by atoms with Crippen LogP contribution < -0.4 is 9.64 Å². The van der Waals surface area contributed by atoms with Crippen LogP contribution >= 0.6 is 0 Å². The lowest BCUT2D eigenvalue weighted by Crippen LogP contribution is -2.33. The molecule has 1 atom stereocenters. The van der Waals surface area contributed by atoms with Crippen LogP contribution in [0.5, 0.6) is 5.75 Å². The smallest absolute Gasteiger partial charge is 0.337 e. The van der Waals surface area contributed by atoms with Gasteiger partial charge in [-0.15, -0.1) is 0 Å². The molecule has 0 radical (unpaired) electrons. The Morgan fingerprint density at radius 1 is 1.24 bits per heavy atom. The Bertz CT molecular complexity index is 844. The molecule has 0 amide bonds. The zero-order valence-corrected chi connectivity index (χ0v) is 13.9. The number of fused-ring (bicyclic) bond motifs is 1. The molecule has 0 fully saturated rings. The number of anilines is 1. The summed E-state index contributed by atoms with van der Waals surface area (Å²) in [6, 6.07) is 15.8. The van der Waals surface area contributed by atoms with E-state index < -0.39 is 0 Å². The van der Waals surface area contributed by atoms with Crippen LogP contribution in [-0.4, -0.2) is 37.9 Å². The minimum Gasteiger partial charge on any atom is -0.497 e. The average Bonchev–Trinajstić information content (AvgIpc) is 3.03. The van der Waals surface area contributed by atoms with Crippen molar-refractivity contribution < 1.29 is 19.4 Å². The summed E-state index contributed by atoms with van der Waals surface area (Å²) in [5.74, 6) is 0.276. The Labute approximate surface area is 146 Å². The summed E-state index contributed by atoms with van der Waals surface area (Å²) < 4.78 is 10.7. The van der Waals surface area contributed by atoms with Crippen LogP contribution in [0.1, 0.15) is 17.0 Å². The fourth-order valence-corrected chi connectivity index (χ4v) is 3.69. The third-order valence-corrected chi connectivity index (χ3v) is 4.78. The van der Waals surface area contributed by atoms with Gasteiger partial charge in [0.1, 0.15) is 12.4 Å². The molecule has 0 saturated heterocycles. The van der Waals surface area contributed by atoms with Crippen molar-refractivity contribution in [3.63, 3.8) is 0 Å². The third-order valence-electron chi connectivity index (χ3n) is 4.78. The molecule has 0 saturated carbocycles. The summed E-state index contributed by atoms with van der Waals surface area (Å²) in [5, 5.41) is 9.52. The van der Waals surface area contributed by atoms with Gasteiger partial charge in [0, 0.05) is 24.2 Å². The number of aliphatic hydroxyl groups is 1. The summed E-state index contributed by atoms with van der Waals surface area (Å²) >= 11 is 0. The molecular weight excluding hydrogens is 318 g/mol. The molecule has 2 aliphatic heterocycles. The van der Waals surface area contributed by atoms with Crippen LogP contribution in [0.4, 0.5) is 5.69 Å². The quantitative estimate of drug-likeness (QED) is 0.869. The molecule has 2 aliphatic rings. The van der Waals surface area contributed by atoms with Crippen LogP contribution in [0.3, 0.4) is 0 Å². The number of cyclic esters (lactones) is 1. The fraction of sp³-hybridized carbons (Fsp3) is 0.250. The highest BCUT2D eigenvalue weighted by atomic mass is 16.5. The zero-order chi connectivity index (χ0) is 17.4. The summed E-state index contributed by atoms with van der Waals surface area (Å²) in [5.41, 5.74) is 4.49. The second-order valence-corrected chi connectivity index (χ2v) is 6.08. The predicted molar refractivity (Wildman–Crippen MR) is 93.7 cm³/mol. The normalized spacial score (nSPS) is 18.7. The summed E-state index contributed by atoms with van der Waals surface area (Å²) in [4.78, 5) is 14.5. The highest BCUT2D eigenvalue weighted by Gasteiger charge is 2.41. The highest BCUT2D eigenvalue weighted by molar-refractivity contribution is 5.97. The number of rotatable bonds is 4.